The Hall–Kier alpha value is -2.56. The van der Waals surface area contributed by atoms with Gasteiger partial charge in [0.1, 0.15) is 19.0 Å². The minimum absolute atomic E-state index is 0.372. The third kappa shape index (κ3) is 3.75. The molecule has 0 saturated heterocycles. The first kappa shape index (κ1) is 15.8. The van der Waals surface area contributed by atoms with Gasteiger partial charge in [0.05, 0.1) is 19.9 Å². The van der Waals surface area contributed by atoms with Crippen molar-refractivity contribution in [1.29, 1.82) is 0 Å². The standard InChI is InChI=1S/C17H21NO4/c1-12-7-8-14(13(18)11-12)21-9-10-22-16-6-4-5-15(19-2)17(16)20-3/h4-8,11H,9-10,18H2,1-3H3. The van der Waals surface area contributed by atoms with Crippen LogP contribution >= 0.6 is 0 Å². The molecule has 0 bridgehead atoms. The molecule has 0 aliphatic carbocycles. The molecule has 22 heavy (non-hydrogen) atoms. The van der Waals surface area contributed by atoms with E-state index in [1.54, 1.807) is 14.2 Å². The number of methoxy groups -OCH3 is 2. The number of benzene rings is 2. The van der Waals surface area contributed by atoms with Crippen molar-refractivity contribution in [3.8, 4) is 23.0 Å². The molecule has 0 aromatic heterocycles. The van der Waals surface area contributed by atoms with Crippen molar-refractivity contribution in [2.45, 2.75) is 6.92 Å². The average Bonchev–Trinajstić information content (AvgIpc) is 2.52. The van der Waals surface area contributed by atoms with E-state index in [2.05, 4.69) is 0 Å². The zero-order valence-corrected chi connectivity index (χ0v) is 13.1. The molecule has 2 rings (SSSR count). The predicted molar refractivity (Wildman–Crippen MR) is 86.1 cm³/mol. The minimum Gasteiger partial charge on any atom is -0.493 e. The lowest BCUT2D eigenvalue weighted by atomic mass is 10.2. The third-order valence-corrected chi connectivity index (χ3v) is 3.13. The van der Waals surface area contributed by atoms with Gasteiger partial charge in [0.2, 0.25) is 5.75 Å². The van der Waals surface area contributed by atoms with Gasteiger partial charge >= 0.3 is 0 Å². The largest absolute Gasteiger partial charge is 0.493 e. The number of hydrogen-bond donors (Lipinski definition) is 1. The average molecular weight is 303 g/mol. The second kappa shape index (κ2) is 7.45. The van der Waals surface area contributed by atoms with Crippen LogP contribution in [-0.4, -0.2) is 27.4 Å². The highest BCUT2D eigenvalue weighted by Gasteiger charge is 2.10. The molecule has 5 heteroatoms. The first-order valence-corrected chi connectivity index (χ1v) is 6.98. The van der Waals surface area contributed by atoms with E-state index in [1.807, 2.05) is 43.3 Å². The molecule has 0 unspecified atom stereocenters. The zero-order chi connectivity index (χ0) is 15.9. The summed E-state index contributed by atoms with van der Waals surface area (Å²) in [4.78, 5) is 0. The van der Waals surface area contributed by atoms with Crippen molar-refractivity contribution >= 4 is 5.69 Å². The van der Waals surface area contributed by atoms with Crippen LogP contribution in [0.1, 0.15) is 5.56 Å². The van der Waals surface area contributed by atoms with Crippen LogP contribution < -0.4 is 24.7 Å². The summed E-state index contributed by atoms with van der Waals surface area (Å²) in [5.74, 6) is 2.47. The molecule has 0 aliphatic heterocycles. The molecule has 0 radical (unpaired) electrons. The fraction of sp³-hybridized carbons (Fsp3) is 0.294. The number of ether oxygens (including phenoxy) is 4. The summed E-state index contributed by atoms with van der Waals surface area (Å²) in [5, 5.41) is 0. The van der Waals surface area contributed by atoms with E-state index in [9.17, 15) is 0 Å². The normalized spacial score (nSPS) is 10.1. The van der Waals surface area contributed by atoms with Crippen molar-refractivity contribution < 1.29 is 18.9 Å². The fourth-order valence-electron chi connectivity index (χ4n) is 2.07. The smallest absolute Gasteiger partial charge is 0.203 e. The van der Waals surface area contributed by atoms with Crippen LogP contribution in [0.5, 0.6) is 23.0 Å². The monoisotopic (exact) mass is 303 g/mol. The second-order valence-corrected chi connectivity index (χ2v) is 4.73. The van der Waals surface area contributed by atoms with Gasteiger partial charge in [0.15, 0.2) is 11.5 Å². The van der Waals surface area contributed by atoms with E-state index in [0.29, 0.717) is 41.9 Å². The highest BCUT2D eigenvalue weighted by molar-refractivity contribution is 5.54. The molecular formula is C17H21NO4. The number of hydrogen-bond acceptors (Lipinski definition) is 5. The van der Waals surface area contributed by atoms with Crippen molar-refractivity contribution in [3.05, 3.63) is 42.0 Å². The van der Waals surface area contributed by atoms with Gasteiger partial charge < -0.3 is 24.7 Å². The summed E-state index contributed by atoms with van der Waals surface area (Å²) in [6.45, 7) is 2.74. The van der Waals surface area contributed by atoms with Gasteiger partial charge in [-0.25, -0.2) is 0 Å². The van der Waals surface area contributed by atoms with Crippen molar-refractivity contribution in [3.63, 3.8) is 0 Å². The molecule has 2 N–H and O–H groups in total. The Kier molecular flexibility index (Phi) is 5.36. The predicted octanol–water partition coefficient (Wildman–Crippen LogP) is 3.05. The summed E-state index contributed by atoms with van der Waals surface area (Å²) in [6.07, 6.45) is 0. The van der Waals surface area contributed by atoms with Gasteiger partial charge in [0.25, 0.3) is 0 Å². The van der Waals surface area contributed by atoms with E-state index in [-0.39, 0.29) is 0 Å². The third-order valence-electron chi connectivity index (χ3n) is 3.13. The number of rotatable bonds is 7. The first-order valence-electron chi connectivity index (χ1n) is 6.98. The topological polar surface area (TPSA) is 62.9 Å². The van der Waals surface area contributed by atoms with Gasteiger partial charge in [-0.2, -0.15) is 0 Å². The van der Waals surface area contributed by atoms with Crippen LogP contribution in [0, 0.1) is 6.92 Å². The number of para-hydroxylation sites is 1. The number of aryl methyl sites for hydroxylation is 1. The van der Waals surface area contributed by atoms with Gasteiger partial charge in [-0.15, -0.1) is 0 Å². The van der Waals surface area contributed by atoms with Crippen LogP contribution in [0.15, 0.2) is 36.4 Å². The SMILES string of the molecule is COc1cccc(OCCOc2ccc(C)cc2N)c1OC. The van der Waals surface area contributed by atoms with Crippen molar-refractivity contribution in [2.24, 2.45) is 0 Å². The molecule has 0 saturated carbocycles. The van der Waals surface area contributed by atoms with E-state index >= 15 is 0 Å². The maximum atomic E-state index is 5.90. The highest BCUT2D eigenvalue weighted by Crippen LogP contribution is 2.36. The molecular weight excluding hydrogens is 282 g/mol. The van der Waals surface area contributed by atoms with Gasteiger partial charge in [-0.1, -0.05) is 12.1 Å². The molecule has 0 aliphatic rings. The lowest BCUT2D eigenvalue weighted by molar-refractivity contribution is 0.210. The molecule has 0 heterocycles. The van der Waals surface area contributed by atoms with E-state index < -0.39 is 0 Å². The number of nitrogen functional groups attached to an aromatic ring is 1. The van der Waals surface area contributed by atoms with Crippen LogP contribution in [0.25, 0.3) is 0 Å². The lowest BCUT2D eigenvalue weighted by Crippen LogP contribution is -2.10. The van der Waals surface area contributed by atoms with Crippen LogP contribution in [0.3, 0.4) is 0 Å². The van der Waals surface area contributed by atoms with Crippen molar-refractivity contribution in [2.75, 3.05) is 33.2 Å². The summed E-state index contributed by atoms with van der Waals surface area (Å²) < 4.78 is 21.8. The minimum atomic E-state index is 0.372. The molecule has 0 atom stereocenters. The first-order chi connectivity index (χ1) is 10.7. The molecule has 2 aromatic rings. The van der Waals surface area contributed by atoms with E-state index in [1.165, 1.54) is 0 Å². The molecule has 118 valence electrons. The molecule has 0 fully saturated rings. The maximum absolute atomic E-state index is 5.90. The fourth-order valence-corrected chi connectivity index (χ4v) is 2.07. The Labute approximate surface area is 130 Å². The summed E-state index contributed by atoms with van der Waals surface area (Å²) in [5.41, 5.74) is 7.62. The zero-order valence-electron chi connectivity index (χ0n) is 13.1. The van der Waals surface area contributed by atoms with Crippen LogP contribution in [-0.2, 0) is 0 Å². The van der Waals surface area contributed by atoms with Gasteiger partial charge in [-0.3, -0.25) is 0 Å². The second-order valence-electron chi connectivity index (χ2n) is 4.73. The summed E-state index contributed by atoms with van der Waals surface area (Å²) in [6, 6.07) is 11.2. The number of anilines is 1. The number of nitrogens with two attached hydrogens (primary N) is 1. The Balaban J connectivity index is 1.91. The van der Waals surface area contributed by atoms with E-state index in [0.717, 1.165) is 5.56 Å². The Morgan fingerprint density at radius 3 is 2.18 bits per heavy atom. The summed E-state index contributed by atoms with van der Waals surface area (Å²) in [7, 11) is 3.17. The van der Waals surface area contributed by atoms with E-state index in [4.69, 9.17) is 24.7 Å². The van der Waals surface area contributed by atoms with Crippen molar-refractivity contribution in [1.82, 2.24) is 0 Å². The Bertz CT molecular complexity index is 628. The molecule has 0 amide bonds. The molecule has 5 nitrogen and oxygen atoms in total. The highest BCUT2D eigenvalue weighted by atomic mass is 16.5. The quantitative estimate of drug-likeness (QED) is 0.629. The van der Waals surface area contributed by atoms with Crippen LogP contribution in [0.4, 0.5) is 5.69 Å². The van der Waals surface area contributed by atoms with Crippen LogP contribution in [0.2, 0.25) is 0 Å². The van der Waals surface area contributed by atoms with Gasteiger partial charge in [0, 0.05) is 0 Å². The summed E-state index contributed by atoms with van der Waals surface area (Å²) >= 11 is 0. The lowest BCUT2D eigenvalue weighted by Gasteiger charge is -2.14. The molecule has 2 aromatic carbocycles. The molecule has 0 spiro atoms. The Morgan fingerprint density at radius 2 is 1.55 bits per heavy atom. The Morgan fingerprint density at radius 1 is 0.864 bits per heavy atom. The maximum Gasteiger partial charge on any atom is 0.203 e. The van der Waals surface area contributed by atoms with Gasteiger partial charge in [-0.05, 0) is 36.8 Å².